The molecule has 6 nitrogen and oxygen atoms in total. The zero-order chi connectivity index (χ0) is 11.6. The summed E-state index contributed by atoms with van der Waals surface area (Å²) in [6.07, 6.45) is 0. The molecule has 0 saturated carbocycles. The van der Waals surface area contributed by atoms with E-state index in [1.165, 1.54) is 4.31 Å². The molecule has 0 aromatic heterocycles. The summed E-state index contributed by atoms with van der Waals surface area (Å²) in [5.74, 6) is 0. The molecule has 2 rings (SSSR count). The van der Waals surface area contributed by atoms with E-state index < -0.39 is 10.2 Å². The van der Waals surface area contributed by atoms with Crippen LogP contribution in [0.2, 0.25) is 0 Å². The first-order chi connectivity index (χ1) is 7.60. The summed E-state index contributed by atoms with van der Waals surface area (Å²) in [7, 11) is -1.24. The SMILES string of the molecule is CN1CCN(S(=O)(=O)N2CCOCC2)CC1. The van der Waals surface area contributed by atoms with Gasteiger partial charge in [0, 0.05) is 39.3 Å². The lowest BCUT2D eigenvalue weighted by molar-refractivity contribution is 0.0689. The van der Waals surface area contributed by atoms with E-state index in [0.29, 0.717) is 39.4 Å². The van der Waals surface area contributed by atoms with E-state index in [-0.39, 0.29) is 0 Å². The molecule has 2 saturated heterocycles. The molecule has 0 N–H and O–H groups in total. The predicted octanol–water partition coefficient (Wildman–Crippen LogP) is -1.19. The monoisotopic (exact) mass is 249 g/mol. The molecule has 0 aromatic carbocycles. The largest absolute Gasteiger partial charge is 0.379 e. The van der Waals surface area contributed by atoms with Gasteiger partial charge in [0.25, 0.3) is 10.2 Å². The molecule has 2 fully saturated rings. The van der Waals surface area contributed by atoms with E-state index in [1.807, 2.05) is 7.05 Å². The van der Waals surface area contributed by atoms with Crippen LogP contribution in [0, 0.1) is 0 Å². The highest BCUT2D eigenvalue weighted by molar-refractivity contribution is 7.86. The fourth-order valence-corrected chi connectivity index (χ4v) is 3.52. The maximum Gasteiger partial charge on any atom is 0.282 e. The number of likely N-dealkylation sites (N-methyl/N-ethyl adjacent to an activating group) is 1. The van der Waals surface area contributed by atoms with Gasteiger partial charge in [-0.25, -0.2) is 0 Å². The van der Waals surface area contributed by atoms with E-state index in [9.17, 15) is 8.42 Å². The van der Waals surface area contributed by atoms with Crippen LogP contribution in [0.1, 0.15) is 0 Å². The van der Waals surface area contributed by atoms with Crippen molar-refractivity contribution in [1.29, 1.82) is 0 Å². The van der Waals surface area contributed by atoms with Crippen molar-refractivity contribution in [1.82, 2.24) is 13.5 Å². The van der Waals surface area contributed by atoms with Crippen LogP contribution in [0.4, 0.5) is 0 Å². The minimum absolute atomic E-state index is 0.481. The highest BCUT2D eigenvalue weighted by Crippen LogP contribution is 2.13. The van der Waals surface area contributed by atoms with Crippen molar-refractivity contribution in [3.8, 4) is 0 Å². The van der Waals surface area contributed by atoms with Gasteiger partial charge in [0.2, 0.25) is 0 Å². The summed E-state index contributed by atoms with van der Waals surface area (Å²) in [5.41, 5.74) is 0. The standard InChI is InChI=1S/C9H19N3O3S/c1-10-2-4-11(5-3-10)16(13,14)12-6-8-15-9-7-12/h2-9H2,1H3. The Kier molecular flexibility index (Phi) is 3.81. The van der Waals surface area contributed by atoms with Crippen LogP contribution in [-0.2, 0) is 14.9 Å². The summed E-state index contributed by atoms with van der Waals surface area (Å²) in [5, 5.41) is 0. The average molecular weight is 249 g/mol. The first-order valence-electron chi connectivity index (χ1n) is 5.62. The lowest BCUT2D eigenvalue weighted by atomic mass is 10.4. The van der Waals surface area contributed by atoms with Crippen molar-refractivity contribution in [3.05, 3.63) is 0 Å². The second kappa shape index (κ2) is 4.97. The second-order valence-electron chi connectivity index (χ2n) is 4.22. The number of nitrogens with zero attached hydrogens (tertiary/aromatic N) is 3. The van der Waals surface area contributed by atoms with E-state index in [0.717, 1.165) is 13.1 Å². The average Bonchev–Trinajstić information content (AvgIpc) is 2.31. The third-order valence-corrected chi connectivity index (χ3v) is 5.12. The Hall–Kier alpha value is -0.210. The van der Waals surface area contributed by atoms with E-state index in [4.69, 9.17) is 4.74 Å². The molecule has 7 heteroatoms. The van der Waals surface area contributed by atoms with Gasteiger partial charge in [0.1, 0.15) is 0 Å². The topological polar surface area (TPSA) is 53.1 Å². The zero-order valence-corrected chi connectivity index (χ0v) is 10.4. The third kappa shape index (κ3) is 2.54. The van der Waals surface area contributed by atoms with Gasteiger partial charge in [-0.1, -0.05) is 0 Å². The van der Waals surface area contributed by atoms with Gasteiger partial charge >= 0.3 is 0 Å². The van der Waals surface area contributed by atoms with Crippen LogP contribution < -0.4 is 0 Å². The number of hydrogen-bond donors (Lipinski definition) is 0. The molecule has 0 atom stereocenters. The van der Waals surface area contributed by atoms with Crippen LogP contribution in [0.25, 0.3) is 0 Å². The highest BCUT2D eigenvalue weighted by Gasteiger charge is 2.32. The van der Waals surface area contributed by atoms with Crippen LogP contribution in [0.3, 0.4) is 0 Å². The Morgan fingerprint density at radius 1 is 0.875 bits per heavy atom. The Morgan fingerprint density at radius 2 is 1.38 bits per heavy atom. The number of ether oxygens (including phenoxy) is 1. The molecule has 0 aliphatic carbocycles. The van der Waals surface area contributed by atoms with Crippen molar-refractivity contribution in [2.75, 3.05) is 59.5 Å². The van der Waals surface area contributed by atoms with E-state index in [1.54, 1.807) is 4.31 Å². The number of morpholine rings is 1. The quantitative estimate of drug-likeness (QED) is 0.617. The normalized spacial score (nSPS) is 27.1. The van der Waals surface area contributed by atoms with E-state index in [2.05, 4.69) is 4.90 Å². The molecule has 0 radical (unpaired) electrons. The minimum Gasteiger partial charge on any atom is -0.379 e. The van der Waals surface area contributed by atoms with Gasteiger partial charge in [-0.2, -0.15) is 17.0 Å². The maximum absolute atomic E-state index is 12.2. The van der Waals surface area contributed by atoms with Crippen LogP contribution in [0.15, 0.2) is 0 Å². The van der Waals surface area contributed by atoms with Crippen LogP contribution >= 0.6 is 0 Å². The van der Waals surface area contributed by atoms with Crippen molar-refractivity contribution < 1.29 is 13.2 Å². The summed E-state index contributed by atoms with van der Waals surface area (Å²) in [4.78, 5) is 2.14. The maximum atomic E-state index is 12.2. The van der Waals surface area contributed by atoms with Crippen LogP contribution in [-0.4, -0.2) is 81.5 Å². The van der Waals surface area contributed by atoms with Gasteiger partial charge in [-0.3, -0.25) is 0 Å². The fourth-order valence-electron chi connectivity index (χ4n) is 1.96. The molecule has 2 aliphatic heterocycles. The van der Waals surface area contributed by atoms with Gasteiger partial charge in [-0.15, -0.1) is 0 Å². The van der Waals surface area contributed by atoms with Gasteiger partial charge in [0.15, 0.2) is 0 Å². The molecule has 0 unspecified atom stereocenters. The second-order valence-corrected chi connectivity index (χ2v) is 6.15. The molecule has 16 heavy (non-hydrogen) atoms. The number of hydrogen-bond acceptors (Lipinski definition) is 4. The summed E-state index contributed by atoms with van der Waals surface area (Å²) < 4.78 is 32.7. The lowest BCUT2D eigenvalue weighted by Gasteiger charge is -2.36. The van der Waals surface area contributed by atoms with E-state index >= 15 is 0 Å². The molecule has 94 valence electrons. The Bertz CT molecular complexity index is 319. The van der Waals surface area contributed by atoms with Crippen molar-refractivity contribution in [2.24, 2.45) is 0 Å². The Labute approximate surface area is 96.9 Å². The molecular formula is C9H19N3O3S. The van der Waals surface area contributed by atoms with Crippen molar-refractivity contribution in [3.63, 3.8) is 0 Å². The van der Waals surface area contributed by atoms with Gasteiger partial charge in [-0.05, 0) is 7.05 Å². The molecule has 0 aromatic rings. The molecule has 0 bridgehead atoms. The first-order valence-corrected chi connectivity index (χ1v) is 7.02. The number of piperazine rings is 1. The highest BCUT2D eigenvalue weighted by atomic mass is 32.2. The fraction of sp³-hybridized carbons (Fsp3) is 1.00. The molecular weight excluding hydrogens is 230 g/mol. The Balaban J connectivity index is 2.00. The lowest BCUT2D eigenvalue weighted by Crippen LogP contribution is -2.54. The third-order valence-electron chi connectivity index (χ3n) is 3.08. The molecule has 0 amide bonds. The molecule has 2 aliphatic rings. The van der Waals surface area contributed by atoms with Gasteiger partial charge in [0.05, 0.1) is 13.2 Å². The van der Waals surface area contributed by atoms with Crippen molar-refractivity contribution in [2.45, 2.75) is 0 Å². The Morgan fingerprint density at radius 3 is 1.94 bits per heavy atom. The van der Waals surface area contributed by atoms with Crippen LogP contribution in [0.5, 0.6) is 0 Å². The van der Waals surface area contributed by atoms with Gasteiger partial charge < -0.3 is 9.64 Å². The minimum atomic E-state index is -3.25. The zero-order valence-electron chi connectivity index (χ0n) is 9.63. The summed E-state index contributed by atoms with van der Waals surface area (Å²) in [6, 6.07) is 0. The summed E-state index contributed by atoms with van der Waals surface area (Å²) >= 11 is 0. The number of rotatable bonds is 2. The molecule has 0 spiro atoms. The summed E-state index contributed by atoms with van der Waals surface area (Å²) in [6.45, 7) is 4.78. The predicted molar refractivity (Wildman–Crippen MR) is 60.4 cm³/mol. The first kappa shape index (κ1) is 12.3. The smallest absolute Gasteiger partial charge is 0.282 e. The van der Waals surface area contributed by atoms with Crippen molar-refractivity contribution >= 4 is 10.2 Å². The molecule has 2 heterocycles.